The lowest BCUT2D eigenvalue weighted by Crippen LogP contribution is -1.89. The molecule has 7 heteroatoms. The minimum Gasteiger partial charge on any atom is -0.507 e. The largest absolute Gasteiger partial charge is 0.507 e. The van der Waals surface area contributed by atoms with Crippen LogP contribution in [0, 0.1) is 0 Å². The molecule has 3 N–H and O–H groups in total. The van der Waals surface area contributed by atoms with Gasteiger partial charge in [-0.05, 0) is 30.3 Å². The Bertz CT molecular complexity index is 864. The highest BCUT2D eigenvalue weighted by molar-refractivity contribution is 7.18. The Hall–Kier alpha value is -2.57. The molecule has 1 heterocycles. The van der Waals surface area contributed by atoms with E-state index in [0.717, 1.165) is 4.88 Å². The number of aromatic nitrogens is 1. The third-order valence-corrected chi connectivity index (χ3v) is 4.20. The van der Waals surface area contributed by atoms with Crippen LogP contribution < -0.4 is 5.43 Å². The molecule has 2 aromatic carbocycles. The van der Waals surface area contributed by atoms with Gasteiger partial charge in [0.05, 0.1) is 11.1 Å². The number of nitrogens with one attached hydrogen (secondary N) is 1. The predicted octanol–water partition coefficient (Wildman–Crippen LogP) is 4.32. The summed E-state index contributed by atoms with van der Waals surface area (Å²) in [7, 11) is 0. The molecule has 0 amide bonds. The first kappa shape index (κ1) is 15.3. The van der Waals surface area contributed by atoms with Gasteiger partial charge in [-0.15, -0.1) is 0 Å². The second kappa shape index (κ2) is 6.68. The van der Waals surface area contributed by atoms with E-state index in [1.54, 1.807) is 42.6 Å². The van der Waals surface area contributed by atoms with Crippen LogP contribution in [-0.2, 0) is 0 Å². The van der Waals surface area contributed by atoms with Crippen LogP contribution in [0.2, 0.25) is 5.02 Å². The number of benzene rings is 2. The number of nitrogens with zero attached hydrogens (tertiary/aromatic N) is 2. The number of rotatable bonds is 4. The van der Waals surface area contributed by atoms with Crippen LogP contribution in [0.15, 0.2) is 53.8 Å². The highest BCUT2D eigenvalue weighted by Crippen LogP contribution is 2.36. The first-order valence-electron chi connectivity index (χ1n) is 6.65. The second-order valence-electron chi connectivity index (χ2n) is 4.62. The third kappa shape index (κ3) is 3.61. The van der Waals surface area contributed by atoms with Crippen LogP contribution in [0.4, 0.5) is 5.13 Å². The van der Waals surface area contributed by atoms with Crippen LogP contribution in [-0.4, -0.2) is 21.4 Å². The predicted molar refractivity (Wildman–Crippen MR) is 93.5 cm³/mol. The smallest absolute Gasteiger partial charge is 0.203 e. The Morgan fingerprint density at radius 3 is 2.78 bits per heavy atom. The summed E-state index contributed by atoms with van der Waals surface area (Å²) in [5, 5.41) is 24.7. The van der Waals surface area contributed by atoms with Crippen molar-refractivity contribution in [1.29, 1.82) is 0 Å². The molecule has 116 valence electrons. The normalized spacial score (nSPS) is 11.0. The molecule has 0 aliphatic rings. The van der Waals surface area contributed by atoms with Gasteiger partial charge in [0.2, 0.25) is 5.13 Å². The molecule has 0 saturated heterocycles. The number of hydrogen-bond acceptors (Lipinski definition) is 6. The molecule has 3 rings (SSSR count). The van der Waals surface area contributed by atoms with Crippen molar-refractivity contribution < 1.29 is 10.2 Å². The van der Waals surface area contributed by atoms with Gasteiger partial charge in [-0.1, -0.05) is 35.1 Å². The van der Waals surface area contributed by atoms with Crippen molar-refractivity contribution in [3.63, 3.8) is 0 Å². The Kier molecular flexibility index (Phi) is 4.45. The summed E-state index contributed by atoms with van der Waals surface area (Å²) in [6.07, 6.45) is 3.14. The van der Waals surface area contributed by atoms with E-state index in [4.69, 9.17) is 11.6 Å². The van der Waals surface area contributed by atoms with E-state index >= 15 is 0 Å². The van der Waals surface area contributed by atoms with Crippen LogP contribution in [0.25, 0.3) is 10.4 Å². The molecule has 1 aromatic heterocycles. The lowest BCUT2D eigenvalue weighted by Gasteiger charge is -2.01. The molecule has 0 bridgehead atoms. The minimum absolute atomic E-state index is 0.141. The summed E-state index contributed by atoms with van der Waals surface area (Å²) in [6, 6.07) is 11.7. The summed E-state index contributed by atoms with van der Waals surface area (Å²) in [6.45, 7) is 0. The molecular formula is C16H12ClN3O2S. The quantitative estimate of drug-likeness (QED) is 0.486. The molecule has 0 saturated carbocycles. The Labute approximate surface area is 141 Å². The number of hydrogen-bond donors (Lipinski definition) is 3. The molecular weight excluding hydrogens is 334 g/mol. The van der Waals surface area contributed by atoms with Gasteiger partial charge in [-0.25, -0.2) is 4.98 Å². The number of para-hydroxylation sites is 1. The number of thiazole rings is 1. The maximum Gasteiger partial charge on any atom is 0.203 e. The summed E-state index contributed by atoms with van der Waals surface area (Å²) in [5.74, 6) is 0.295. The number of phenols is 2. The van der Waals surface area contributed by atoms with E-state index in [9.17, 15) is 10.2 Å². The summed E-state index contributed by atoms with van der Waals surface area (Å²) in [5.41, 5.74) is 4.02. The van der Waals surface area contributed by atoms with E-state index in [1.807, 2.05) is 6.07 Å². The average molecular weight is 346 g/mol. The average Bonchev–Trinajstić information content (AvgIpc) is 3.00. The molecule has 0 radical (unpaired) electrons. The molecule has 0 aliphatic heterocycles. The zero-order valence-corrected chi connectivity index (χ0v) is 13.3. The number of anilines is 1. The van der Waals surface area contributed by atoms with Gasteiger partial charge < -0.3 is 10.2 Å². The molecule has 3 aromatic rings. The van der Waals surface area contributed by atoms with Crippen LogP contribution in [0.3, 0.4) is 0 Å². The van der Waals surface area contributed by atoms with E-state index in [2.05, 4.69) is 15.5 Å². The zero-order chi connectivity index (χ0) is 16.2. The van der Waals surface area contributed by atoms with Crippen molar-refractivity contribution in [3.8, 4) is 21.9 Å². The van der Waals surface area contributed by atoms with Crippen molar-refractivity contribution in [2.75, 3.05) is 5.43 Å². The first-order chi connectivity index (χ1) is 11.1. The molecule has 0 spiro atoms. The summed E-state index contributed by atoms with van der Waals surface area (Å²) < 4.78 is 0. The van der Waals surface area contributed by atoms with Gasteiger partial charge in [0.25, 0.3) is 0 Å². The SMILES string of the molecule is Oc1ccccc1/C=N\Nc1ncc(-c2cc(Cl)ccc2O)s1. The number of phenolic OH excluding ortho intramolecular Hbond substituents is 2. The van der Waals surface area contributed by atoms with Crippen LogP contribution in [0.1, 0.15) is 5.56 Å². The number of halogens is 1. The fourth-order valence-corrected chi connectivity index (χ4v) is 2.87. The lowest BCUT2D eigenvalue weighted by atomic mass is 10.2. The number of hydrazone groups is 1. The van der Waals surface area contributed by atoms with E-state index in [-0.39, 0.29) is 11.5 Å². The molecule has 0 unspecified atom stereocenters. The maximum atomic E-state index is 9.90. The van der Waals surface area contributed by atoms with Gasteiger partial charge in [0.1, 0.15) is 11.5 Å². The van der Waals surface area contributed by atoms with Crippen molar-refractivity contribution in [2.24, 2.45) is 5.10 Å². The lowest BCUT2D eigenvalue weighted by molar-refractivity contribution is 0.474. The van der Waals surface area contributed by atoms with E-state index in [0.29, 0.717) is 21.3 Å². The standard InChI is InChI=1S/C16H12ClN3O2S/c17-11-5-6-14(22)12(7-11)15-9-18-16(23-15)20-19-8-10-3-1-2-4-13(10)21/h1-9,21-22H,(H,18,20)/b19-8-. The van der Waals surface area contributed by atoms with Gasteiger partial charge >= 0.3 is 0 Å². The molecule has 0 fully saturated rings. The van der Waals surface area contributed by atoms with Gasteiger partial charge in [0.15, 0.2) is 0 Å². The highest BCUT2D eigenvalue weighted by atomic mass is 35.5. The van der Waals surface area contributed by atoms with Crippen LogP contribution >= 0.6 is 22.9 Å². The fraction of sp³-hybridized carbons (Fsp3) is 0. The second-order valence-corrected chi connectivity index (χ2v) is 6.09. The highest BCUT2D eigenvalue weighted by Gasteiger charge is 2.09. The van der Waals surface area contributed by atoms with Crippen molar-refractivity contribution in [3.05, 3.63) is 59.2 Å². The van der Waals surface area contributed by atoms with Crippen molar-refractivity contribution in [1.82, 2.24) is 4.98 Å². The topological polar surface area (TPSA) is 77.7 Å². The van der Waals surface area contributed by atoms with Crippen molar-refractivity contribution >= 4 is 34.3 Å². The summed E-state index contributed by atoms with van der Waals surface area (Å²) >= 11 is 7.28. The monoisotopic (exact) mass is 345 g/mol. The van der Waals surface area contributed by atoms with Crippen molar-refractivity contribution in [2.45, 2.75) is 0 Å². The Balaban J connectivity index is 1.75. The first-order valence-corrected chi connectivity index (χ1v) is 7.85. The molecule has 0 atom stereocenters. The summed E-state index contributed by atoms with van der Waals surface area (Å²) in [4.78, 5) is 4.96. The molecule has 23 heavy (non-hydrogen) atoms. The Morgan fingerprint density at radius 1 is 1.13 bits per heavy atom. The molecule has 0 aliphatic carbocycles. The minimum atomic E-state index is 0.141. The fourth-order valence-electron chi connectivity index (χ4n) is 1.91. The van der Waals surface area contributed by atoms with Gasteiger partial charge in [-0.2, -0.15) is 5.10 Å². The zero-order valence-electron chi connectivity index (χ0n) is 11.8. The third-order valence-electron chi connectivity index (χ3n) is 3.03. The van der Waals surface area contributed by atoms with Crippen LogP contribution in [0.5, 0.6) is 11.5 Å². The maximum absolute atomic E-state index is 9.90. The van der Waals surface area contributed by atoms with Gasteiger partial charge in [0, 0.05) is 22.3 Å². The van der Waals surface area contributed by atoms with E-state index in [1.165, 1.54) is 17.6 Å². The molecule has 5 nitrogen and oxygen atoms in total. The number of aromatic hydroxyl groups is 2. The van der Waals surface area contributed by atoms with Gasteiger partial charge in [-0.3, -0.25) is 5.43 Å². The van der Waals surface area contributed by atoms with E-state index < -0.39 is 0 Å². The Morgan fingerprint density at radius 2 is 1.96 bits per heavy atom.